The third kappa shape index (κ3) is 5.56. The lowest BCUT2D eigenvalue weighted by atomic mass is 10.1. The fraction of sp³-hybridized carbons (Fsp3) is 0.160. The highest BCUT2D eigenvalue weighted by molar-refractivity contribution is 5.37. The number of rotatable bonds is 9. The molecule has 0 aliphatic rings. The fourth-order valence-corrected chi connectivity index (χ4v) is 3.32. The zero-order chi connectivity index (χ0) is 19.7. The van der Waals surface area contributed by atoms with Gasteiger partial charge in [0.2, 0.25) is 0 Å². The van der Waals surface area contributed by atoms with Crippen molar-refractivity contribution in [2.45, 2.75) is 13.1 Å². The van der Waals surface area contributed by atoms with E-state index in [-0.39, 0.29) is 0 Å². The molecular weight excluding hydrogens is 358 g/mol. The maximum Gasteiger partial charge on any atom is 0.119 e. The number of aromatic nitrogens is 2. The monoisotopic (exact) mass is 383 g/mol. The summed E-state index contributed by atoms with van der Waals surface area (Å²) in [6.45, 7) is 3.30. The van der Waals surface area contributed by atoms with E-state index in [1.165, 1.54) is 11.1 Å². The van der Waals surface area contributed by atoms with Gasteiger partial charge in [-0.25, -0.2) is 4.98 Å². The van der Waals surface area contributed by atoms with Crippen LogP contribution in [0.15, 0.2) is 104 Å². The van der Waals surface area contributed by atoms with Crippen molar-refractivity contribution in [3.05, 3.63) is 115 Å². The quantitative estimate of drug-likeness (QED) is 0.409. The number of hydrogen-bond acceptors (Lipinski definition) is 3. The number of ether oxygens (including phenoxy) is 1. The Hall–Kier alpha value is -3.37. The Morgan fingerprint density at radius 1 is 0.759 bits per heavy atom. The molecule has 4 aromatic rings. The second-order valence-electron chi connectivity index (χ2n) is 6.99. The van der Waals surface area contributed by atoms with Gasteiger partial charge in [-0.3, -0.25) is 4.90 Å². The van der Waals surface area contributed by atoms with Crippen LogP contribution >= 0.6 is 0 Å². The summed E-state index contributed by atoms with van der Waals surface area (Å²) in [5.74, 6) is 0.883. The van der Waals surface area contributed by atoms with Crippen LogP contribution in [-0.2, 0) is 13.1 Å². The van der Waals surface area contributed by atoms with Crippen molar-refractivity contribution < 1.29 is 4.74 Å². The van der Waals surface area contributed by atoms with Crippen LogP contribution in [0, 0.1) is 0 Å². The molecule has 0 atom stereocenters. The highest BCUT2D eigenvalue weighted by atomic mass is 16.5. The molecule has 3 aromatic carbocycles. The van der Waals surface area contributed by atoms with E-state index in [4.69, 9.17) is 4.74 Å². The van der Waals surface area contributed by atoms with E-state index in [1.54, 1.807) is 12.5 Å². The van der Waals surface area contributed by atoms with E-state index in [9.17, 15) is 0 Å². The molecule has 4 nitrogen and oxygen atoms in total. The summed E-state index contributed by atoms with van der Waals surface area (Å²) in [5.41, 5.74) is 3.70. The molecule has 0 saturated carbocycles. The van der Waals surface area contributed by atoms with E-state index in [0.29, 0.717) is 6.61 Å². The predicted octanol–water partition coefficient (Wildman–Crippen LogP) is 4.95. The van der Waals surface area contributed by atoms with Crippen LogP contribution in [0.3, 0.4) is 0 Å². The lowest BCUT2D eigenvalue weighted by Crippen LogP contribution is -2.27. The second kappa shape index (κ2) is 9.71. The number of benzene rings is 3. The molecule has 4 heteroatoms. The Morgan fingerprint density at radius 2 is 1.38 bits per heavy atom. The molecular formula is C25H25N3O. The number of hydrogen-bond donors (Lipinski definition) is 0. The molecule has 4 rings (SSSR count). The zero-order valence-corrected chi connectivity index (χ0v) is 16.4. The summed E-state index contributed by atoms with van der Waals surface area (Å²) in [5, 5.41) is 0. The van der Waals surface area contributed by atoms with Crippen molar-refractivity contribution in [1.82, 2.24) is 14.5 Å². The SMILES string of the molecule is c1ccc(CN(CCOc2ccc(-n3ccnc3)cc2)Cc2ccccc2)cc1. The Morgan fingerprint density at radius 3 is 1.93 bits per heavy atom. The average molecular weight is 383 g/mol. The van der Waals surface area contributed by atoms with Crippen molar-refractivity contribution in [1.29, 1.82) is 0 Å². The molecule has 1 aromatic heterocycles. The van der Waals surface area contributed by atoms with Crippen molar-refractivity contribution in [2.24, 2.45) is 0 Å². The van der Waals surface area contributed by atoms with Gasteiger partial charge in [-0.15, -0.1) is 0 Å². The van der Waals surface area contributed by atoms with Gasteiger partial charge in [-0.2, -0.15) is 0 Å². The van der Waals surface area contributed by atoms with Gasteiger partial charge in [-0.05, 0) is 35.4 Å². The lowest BCUT2D eigenvalue weighted by molar-refractivity contribution is 0.196. The van der Waals surface area contributed by atoms with Crippen LogP contribution < -0.4 is 4.74 Å². The van der Waals surface area contributed by atoms with Gasteiger partial charge in [0.15, 0.2) is 0 Å². The van der Waals surface area contributed by atoms with Gasteiger partial charge < -0.3 is 9.30 Å². The van der Waals surface area contributed by atoms with Crippen molar-refractivity contribution >= 4 is 0 Å². The Balaban J connectivity index is 1.35. The Labute approximate surface area is 172 Å². The normalized spacial score (nSPS) is 10.9. The molecule has 0 amide bonds. The van der Waals surface area contributed by atoms with Crippen LogP contribution in [0.25, 0.3) is 5.69 Å². The first kappa shape index (κ1) is 19.0. The molecule has 0 bridgehead atoms. The standard InChI is InChI=1S/C25H25N3O/c1-3-7-22(8-4-1)19-27(20-23-9-5-2-6-10-23)17-18-29-25-13-11-24(12-14-25)28-16-15-26-21-28/h1-16,21H,17-20H2. The smallest absolute Gasteiger partial charge is 0.119 e. The highest BCUT2D eigenvalue weighted by Gasteiger charge is 2.08. The number of imidazole rings is 1. The molecule has 0 unspecified atom stereocenters. The van der Waals surface area contributed by atoms with Gasteiger partial charge in [0.25, 0.3) is 0 Å². The minimum Gasteiger partial charge on any atom is -0.492 e. The molecule has 0 fully saturated rings. The molecule has 0 aliphatic carbocycles. The summed E-state index contributed by atoms with van der Waals surface area (Å²) in [6.07, 6.45) is 5.50. The first-order valence-electron chi connectivity index (χ1n) is 9.88. The van der Waals surface area contributed by atoms with Gasteiger partial charge in [0, 0.05) is 37.7 Å². The Kier molecular flexibility index (Phi) is 6.35. The van der Waals surface area contributed by atoms with Gasteiger partial charge in [-0.1, -0.05) is 60.7 Å². The van der Waals surface area contributed by atoms with Gasteiger partial charge >= 0.3 is 0 Å². The summed E-state index contributed by atoms with van der Waals surface area (Å²) in [7, 11) is 0. The molecule has 0 spiro atoms. The van der Waals surface area contributed by atoms with E-state index in [2.05, 4.69) is 70.5 Å². The molecule has 1 heterocycles. The fourth-order valence-electron chi connectivity index (χ4n) is 3.32. The molecule has 0 saturated heterocycles. The molecule has 29 heavy (non-hydrogen) atoms. The van der Waals surface area contributed by atoms with E-state index >= 15 is 0 Å². The summed E-state index contributed by atoms with van der Waals surface area (Å²) in [4.78, 5) is 6.51. The molecule has 0 radical (unpaired) electrons. The summed E-state index contributed by atoms with van der Waals surface area (Å²) < 4.78 is 8.00. The zero-order valence-electron chi connectivity index (χ0n) is 16.4. The minimum atomic E-state index is 0.643. The van der Waals surface area contributed by atoms with Crippen molar-refractivity contribution in [3.63, 3.8) is 0 Å². The second-order valence-corrected chi connectivity index (χ2v) is 6.99. The topological polar surface area (TPSA) is 30.3 Å². The third-order valence-corrected chi connectivity index (χ3v) is 4.81. The minimum absolute atomic E-state index is 0.643. The van der Waals surface area contributed by atoms with Crippen LogP contribution in [0.4, 0.5) is 0 Å². The van der Waals surface area contributed by atoms with Crippen LogP contribution in [0.1, 0.15) is 11.1 Å². The molecule has 146 valence electrons. The van der Waals surface area contributed by atoms with Gasteiger partial charge in [0.05, 0.1) is 6.33 Å². The highest BCUT2D eigenvalue weighted by Crippen LogP contribution is 2.16. The predicted molar refractivity (Wildman–Crippen MR) is 116 cm³/mol. The largest absolute Gasteiger partial charge is 0.492 e. The summed E-state index contributed by atoms with van der Waals surface area (Å²) in [6, 6.07) is 29.3. The van der Waals surface area contributed by atoms with Crippen LogP contribution in [0.5, 0.6) is 5.75 Å². The van der Waals surface area contributed by atoms with Gasteiger partial charge in [0.1, 0.15) is 12.4 Å². The third-order valence-electron chi connectivity index (χ3n) is 4.81. The number of nitrogens with zero attached hydrogens (tertiary/aromatic N) is 3. The Bertz CT molecular complexity index is 926. The van der Waals surface area contributed by atoms with Crippen LogP contribution in [-0.4, -0.2) is 27.6 Å². The molecule has 0 N–H and O–H groups in total. The van der Waals surface area contributed by atoms with Crippen LogP contribution in [0.2, 0.25) is 0 Å². The van der Waals surface area contributed by atoms with E-state index < -0.39 is 0 Å². The van der Waals surface area contributed by atoms with E-state index in [1.807, 2.05) is 35.0 Å². The summed E-state index contributed by atoms with van der Waals surface area (Å²) >= 11 is 0. The maximum absolute atomic E-state index is 6.02. The average Bonchev–Trinajstić information content (AvgIpc) is 3.31. The molecule has 0 aliphatic heterocycles. The maximum atomic E-state index is 6.02. The lowest BCUT2D eigenvalue weighted by Gasteiger charge is -2.23. The van der Waals surface area contributed by atoms with Crippen molar-refractivity contribution in [3.8, 4) is 11.4 Å². The first-order valence-corrected chi connectivity index (χ1v) is 9.88. The van der Waals surface area contributed by atoms with Crippen molar-refractivity contribution in [2.75, 3.05) is 13.2 Å². The first-order chi connectivity index (χ1) is 14.4. The van der Waals surface area contributed by atoms with E-state index in [0.717, 1.165) is 31.1 Å².